The number of rotatable bonds is 5. The number of H-pyrrole nitrogens is 1. The average Bonchev–Trinajstić information content (AvgIpc) is 3.04. The van der Waals surface area contributed by atoms with Crippen molar-refractivity contribution in [2.45, 2.75) is 43.6 Å². The number of hydrogen-bond acceptors (Lipinski definition) is 2. The van der Waals surface area contributed by atoms with Gasteiger partial charge in [-0.15, -0.1) is 0 Å². The van der Waals surface area contributed by atoms with Gasteiger partial charge in [0.25, 0.3) is 0 Å². The fourth-order valence-electron chi connectivity index (χ4n) is 4.84. The number of amides is 1. The third-order valence-electron chi connectivity index (χ3n) is 6.89. The second-order valence-electron chi connectivity index (χ2n) is 8.98. The molecule has 0 spiro atoms. The van der Waals surface area contributed by atoms with Gasteiger partial charge >= 0.3 is 0 Å². The van der Waals surface area contributed by atoms with Crippen molar-refractivity contribution < 1.29 is 18.0 Å². The standard InChI is InChI=1S/C24H24F3N3O/c25-16-4-2-14(3-5-16)21-20(18-10-17(26)11-19(27)22(18)30-21)15-8-13(9-15)12-29-23(31)24(28)6-1-7-24/h2-5,10-11,13,15,30H,1,6-9,12,28H2,(H,29,31). The Balaban J connectivity index is 1.39. The molecule has 31 heavy (non-hydrogen) atoms. The Morgan fingerprint density at radius 3 is 2.45 bits per heavy atom. The Labute approximate surface area is 178 Å². The number of hydrogen-bond donors (Lipinski definition) is 3. The molecule has 1 amide bonds. The molecule has 2 aliphatic carbocycles. The lowest BCUT2D eigenvalue weighted by Gasteiger charge is -2.39. The second-order valence-corrected chi connectivity index (χ2v) is 8.98. The lowest BCUT2D eigenvalue weighted by Crippen LogP contribution is -2.59. The number of aromatic nitrogens is 1. The smallest absolute Gasteiger partial charge is 0.240 e. The van der Waals surface area contributed by atoms with Crippen molar-refractivity contribution in [3.63, 3.8) is 0 Å². The third-order valence-corrected chi connectivity index (χ3v) is 6.89. The van der Waals surface area contributed by atoms with Crippen molar-refractivity contribution in [1.29, 1.82) is 0 Å². The van der Waals surface area contributed by atoms with E-state index in [0.717, 1.165) is 49.3 Å². The monoisotopic (exact) mass is 427 g/mol. The Hall–Kier alpha value is -2.80. The minimum atomic E-state index is -0.717. The quantitative estimate of drug-likeness (QED) is 0.550. The molecule has 2 aliphatic rings. The molecule has 1 heterocycles. The first-order valence-electron chi connectivity index (χ1n) is 10.7. The molecule has 2 aromatic carbocycles. The Kier molecular flexibility index (Phi) is 4.81. The van der Waals surface area contributed by atoms with Gasteiger partial charge in [-0.1, -0.05) is 0 Å². The van der Waals surface area contributed by atoms with E-state index in [0.29, 0.717) is 17.6 Å². The Bertz CT molecular complexity index is 1150. The molecule has 0 saturated heterocycles. The highest BCUT2D eigenvalue weighted by Gasteiger charge is 2.41. The lowest BCUT2D eigenvalue weighted by molar-refractivity contribution is -0.129. The van der Waals surface area contributed by atoms with E-state index in [9.17, 15) is 18.0 Å². The van der Waals surface area contributed by atoms with Crippen molar-refractivity contribution in [2.75, 3.05) is 6.54 Å². The first kappa shape index (κ1) is 20.1. The van der Waals surface area contributed by atoms with Crippen LogP contribution in [0.3, 0.4) is 0 Å². The number of carbonyl (C=O) groups excluding carboxylic acids is 1. The minimum absolute atomic E-state index is 0.0902. The van der Waals surface area contributed by atoms with Crippen LogP contribution >= 0.6 is 0 Å². The second kappa shape index (κ2) is 7.41. The normalized spacial score (nSPS) is 22.1. The topological polar surface area (TPSA) is 70.9 Å². The summed E-state index contributed by atoms with van der Waals surface area (Å²) in [5.41, 5.74) is 7.85. The van der Waals surface area contributed by atoms with Crippen LogP contribution in [0, 0.1) is 23.4 Å². The molecule has 4 nitrogen and oxygen atoms in total. The molecule has 162 valence electrons. The van der Waals surface area contributed by atoms with Crippen molar-refractivity contribution in [3.8, 4) is 11.3 Å². The van der Waals surface area contributed by atoms with Crippen LogP contribution in [0.5, 0.6) is 0 Å². The fraction of sp³-hybridized carbons (Fsp3) is 0.375. The summed E-state index contributed by atoms with van der Waals surface area (Å²) < 4.78 is 41.9. The zero-order valence-electron chi connectivity index (χ0n) is 17.0. The molecule has 0 aliphatic heterocycles. The van der Waals surface area contributed by atoms with Gasteiger partial charge in [-0.2, -0.15) is 0 Å². The van der Waals surface area contributed by atoms with E-state index < -0.39 is 17.2 Å². The molecular formula is C24H24F3N3O. The molecule has 0 atom stereocenters. The van der Waals surface area contributed by atoms with E-state index in [1.54, 1.807) is 12.1 Å². The van der Waals surface area contributed by atoms with Crippen molar-refractivity contribution >= 4 is 16.8 Å². The van der Waals surface area contributed by atoms with Gasteiger partial charge in [-0.05, 0) is 85.4 Å². The van der Waals surface area contributed by atoms with E-state index in [1.807, 2.05) is 0 Å². The zero-order valence-corrected chi connectivity index (χ0v) is 17.0. The van der Waals surface area contributed by atoms with Crippen LogP contribution in [0.4, 0.5) is 13.2 Å². The maximum atomic E-state index is 14.5. The zero-order chi connectivity index (χ0) is 21.8. The molecule has 4 N–H and O–H groups in total. The fourth-order valence-corrected chi connectivity index (χ4v) is 4.84. The number of fused-ring (bicyclic) bond motifs is 1. The molecule has 7 heteroatoms. The molecule has 2 fully saturated rings. The van der Waals surface area contributed by atoms with Crippen molar-refractivity contribution in [1.82, 2.24) is 10.3 Å². The van der Waals surface area contributed by atoms with Crippen LogP contribution < -0.4 is 11.1 Å². The van der Waals surface area contributed by atoms with E-state index in [-0.39, 0.29) is 29.1 Å². The van der Waals surface area contributed by atoms with E-state index in [4.69, 9.17) is 5.73 Å². The molecular weight excluding hydrogens is 403 g/mol. The Morgan fingerprint density at radius 1 is 1.10 bits per heavy atom. The Morgan fingerprint density at radius 2 is 1.81 bits per heavy atom. The SMILES string of the molecule is NC1(C(=O)NCC2CC(c3c(-c4ccc(F)cc4)[nH]c4c(F)cc(F)cc34)C2)CCC1. The summed E-state index contributed by atoms with van der Waals surface area (Å²) in [6.07, 6.45) is 4.00. The lowest BCUT2D eigenvalue weighted by atomic mass is 9.70. The average molecular weight is 427 g/mol. The predicted octanol–water partition coefficient (Wildman–Crippen LogP) is 4.74. The van der Waals surface area contributed by atoms with Crippen LogP contribution in [-0.2, 0) is 4.79 Å². The molecule has 0 radical (unpaired) electrons. The number of benzene rings is 2. The number of nitrogens with two attached hydrogens (primary N) is 1. The largest absolute Gasteiger partial charge is 0.354 e. The van der Waals surface area contributed by atoms with Crippen LogP contribution in [0.2, 0.25) is 0 Å². The number of halogens is 3. The summed E-state index contributed by atoms with van der Waals surface area (Å²) in [5.74, 6) is -1.36. The van der Waals surface area contributed by atoms with Crippen LogP contribution in [0.15, 0.2) is 36.4 Å². The van der Waals surface area contributed by atoms with Crippen molar-refractivity contribution in [2.24, 2.45) is 11.7 Å². The van der Waals surface area contributed by atoms with E-state index in [1.165, 1.54) is 18.2 Å². The molecule has 0 unspecified atom stereocenters. The van der Waals surface area contributed by atoms with Gasteiger partial charge in [0.05, 0.1) is 16.7 Å². The third kappa shape index (κ3) is 3.51. The van der Waals surface area contributed by atoms with Gasteiger partial charge in [0.1, 0.15) is 17.5 Å². The summed E-state index contributed by atoms with van der Waals surface area (Å²) in [4.78, 5) is 15.4. The van der Waals surface area contributed by atoms with Crippen molar-refractivity contribution in [3.05, 3.63) is 59.4 Å². The van der Waals surface area contributed by atoms with Gasteiger partial charge in [-0.25, -0.2) is 13.2 Å². The highest BCUT2D eigenvalue weighted by atomic mass is 19.1. The van der Waals surface area contributed by atoms with E-state index >= 15 is 0 Å². The number of nitrogens with one attached hydrogen (secondary N) is 2. The summed E-state index contributed by atoms with van der Waals surface area (Å²) in [6, 6.07) is 8.18. The maximum absolute atomic E-state index is 14.5. The van der Waals surface area contributed by atoms with Gasteiger partial charge in [0.15, 0.2) is 0 Å². The van der Waals surface area contributed by atoms with E-state index in [2.05, 4.69) is 10.3 Å². The summed E-state index contributed by atoms with van der Waals surface area (Å²) >= 11 is 0. The highest BCUT2D eigenvalue weighted by Crippen LogP contribution is 2.48. The molecule has 1 aromatic heterocycles. The van der Waals surface area contributed by atoms with Gasteiger partial charge in [0.2, 0.25) is 5.91 Å². The summed E-state index contributed by atoms with van der Waals surface area (Å²) in [6.45, 7) is 0.547. The predicted molar refractivity (Wildman–Crippen MR) is 113 cm³/mol. The van der Waals surface area contributed by atoms with Gasteiger partial charge in [0, 0.05) is 18.0 Å². The minimum Gasteiger partial charge on any atom is -0.354 e. The first-order valence-corrected chi connectivity index (χ1v) is 10.7. The number of carbonyl (C=O) groups is 1. The molecule has 5 rings (SSSR count). The van der Waals surface area contributed by atoms with Crippen LogP contribution in [0.25, 0.3) is 22.2 Å². The van der Waals surface area contributed by atoms with Crippen LogP contribution in [-0.4, -0.2) is 23.0 Å². The summed E-state index contributed by atoms with van der Waals surface area (Å²) in [7, 11) is 0. The number of aromatic amines is 1. The van der Waals surface area contributed by atoms with Crippen LogP contribution in [0.1, 0.15) is 43.6 Å². The first-order chi connectivity index (χ1) is 14.8. The van der Waals surface area contributed by atoms with Gasteiger partial charge < -0.3 is 16.0 Å². The molecule has 2 saturated carbocycles. The molecule has 3 aromatic rings. The molecule has 0 bridgehead atoms. The summed E-state index contributed by atoms with van der Waals surface area (Å²) in [5, 5.41) is 3.48. The highest BCUT2D eigenvalue weighted by molar-refractivity contribution is 5.92. The van der Waals surface area contributed by atoms with Gasteiger partial charge in [-0.3, -0.25) is 4.79 Å². The maximum Gasteiger partial charge on any atom is 0.240 e.